The van der Waals surface area contributed by atoms with Crippen LogP contribution in [-0.2, 0) is 20.1 Å². The van der Waals surface area contributed by atoms with Crippen molar-refractivity contribution in [1.82, 2.24) is 9.97 Å². The number of rotatable bonds is 2. The van der Waals surface area contributed by atoms with Crippen LogP contribution in [0, 0.1) is 24.0 Å². The minimum absolute atomic E-state index is 0. The van der Waals surface area contributed by atoms with E-state index in [0.717, 1.165) is 6.07 Å². The Hall–Kier alpha value is -2.50. The van der Waals surface area contributed by atoms with Gasteiger partial charge in [0.2, 0.25) is 5.97 Å². The number of carboxylic acid groups (broad SMARTS) is 1. The molecule has 2 heterocycles. The summed E-state index contributed by atoms with van der Waals surface area (Å²) in [6, 6.07) is 17.5. The zero-order valence-electron chi connectivity index (χ0n) is 12.0. The summed E-state index contributed by atoms with van der Waals surface area (Å²) in [6.07, 6.45) is 1.52. The van der Waals surface area contributed by atoms with Crippen LogP contribution in [0.3, 0.4) is 0 Å². The van der Waals surface area contributed by atoms with Crippen molar-refractivity contribution in [3.05, 3.63) is 84.3 Å². The van der Waals surface area contributed by atoms with Crippen LogP contribution >= 0.6 is 0 Å². The van der Waals surface area contributed by atoms with Crippen LogP contribution in [0.25, 0.3) is 11.3 Å². The van der Waals surface area contributed by atoms with Crippen molar-refractivity contribution in [2.24, 2.45) is 0 Å². The zero-order valence-corrected chi connectivity index (χ0v) is 14.4. The van der Waals surface area contributed by atoms with Gasteiger partial charge in [-0.05, 0) is 11.8 Å². The van der Waals surface area contributed by atoms with E-state index in [0.29, 0.717) is 5.69 Å². The second kappa shape index (κ2) is 9.60. The van der Waals surface area contributed by atoms with Crippen molar-refractivity contribution in [2.75, 3.05) is 0 Å². The van der Waals surface area contributed by atoms with Crippen molar-refractivity contribution in [2.45, 2.75) is 0 Å². The van der Waals surface area contributed by atoms with Gasteiger partial charge in [0.15, 0.2) is 0 Å². The molecule has 0 saturated heterocycles. The van der Waals surface area contributed by atoms with Gasteiger partial charge in [-0.3, -0.25) is 4.98 Å². The Morgan fingerprint density at radius 2 is 1.83 bits per heavy atom. The predicted molar refractivity (Wildman–Crippen MR) is 78.5 cm³/mol. The van der Waals surface area contributed by atoms with E-state index in [2.05, 4.69) is 22.1 Å². The molecule has 1 radical (unpaired) electrons. The van der Waals surface area contributed by atoms with E-state index in [9.17, 15) is 13.6 Å². The standard InChI is InChI=1S/C10H5F2N2.C7H5O2.Ir/c11-9-5-4-7(10(12)14-9)8-3-1-2-6-13-8;8-7(9)6-4-2-1-3-5-6;/h1-3,5-6H;1-4H,(H,8,9);/q2*-1;. The van der Waals surface area contributed by atoms with Gasteiger partial charge in [0, 0.05) is 26.3 Å². The molecule has 0 fully saturated rings. The Morgan fingerprint density at radius 3 is 2.33 bits per heavy atom. The first-order chi connectivity index (χ1) is 11.1. The summed E-state index contributed by atoms with van der Waals surface area (Å²) in [7, 11) is 0. The van der Waals surface area contributed by atoms with Gasteiger partial charge in [-0.15, -0.1) is 36.4 Å². The molecule has 2 aromatic heterocycles. The number of halogens is 2. The molecule has 0 saturated carbocycles. The number of carbonyl (C=O) groups is 1. The molecule has 0 aliphatic rings. The SMILES string of the molecule is Fc1c[c-]c(-c2ccccn2)c(F)n1.O=C(O)c1[c-]cccc1.[Ir]. The smallest absolute Gasteiger partial charge is 0.247 e. The maximum atomic E-state index is 13.1. The fourth-order valence-electron chi connectivity index (χ4n) is 1.59. The van der Waals surface area contributed by atoms with E-state index in [1.54, 1.807) is 36.4 Å². The average Bonchev–Trinajstić information content (AvgIpc) is 2.57. The number of hydrogen-bond donors (Lipinski definition) is 1. The van der Waals surface area contributed by atoms with Crippen molar-refractivity contribution in [3.8, 4) is 11.3 Å². The molecule has 24 heavy (non-hydrogen) atoms. The minimum atomic E-state index is -0.935. The molecule has 0 aliphatic carbocycles. The van der Waals surface area contributed by atoms with Crippen molar-refractivity contribution < 1.29 is 38.8 Å². The van der Waals surface area contributed by atoms with Crippen LogP contribution in [0.4, 0.5) is 8.78 Å². The molecule has 0 bridgehead atoms. The number of pyridine rings is 2. The van der Waals surface area contributed by atoms with Crippen LogP contribution in [0.1, 0.15) is 10.4 Å². The van der Waals surface area contributed by atoms with Gasteiger partial charge in [0.05, 0.1) is 0 Å². The van der Waals surface area contributed by atoms with Gasteiger partial charge in [-0.1, -0.05) is 29.3 Å². The third-order valence-electron chi connectivity index (χ3n) is 2.61. The number of aromatic nitrogens is 2. The van der Waals surface area contributed by atoms with Crippen molar-refractivity contribution in [3.63, 3.8) is 0 Å². The molecule has 3 rings (SSSR count). The maximum absolute atomic E-state index is 13.1. The Balaban J connectivity index is 0.000000252. The molecule has 0 atom stereocenters. The van der Waals surface area contributed by atoms with Gasteiger partial charge < -0.3 is 14.9 Å². The predicted octanol–water partition coefficient (Wildman–Crippen LogP) is 3.40. The fraction of sp³-hybridized carbons (Fsp3) is 0. The molecule has 0 aliphatic heterocycles. The number of nitrogens with zero attached hydrogens (tertiary/aromatic N) is 2. The van der Waals surface area contributed by atoms with Crippen LogP contribution < -0.4 is 0 Å². The molecule has 0 spiro atoms. The Bertz CT molecular complexity index is 787. The van der Waals surface area contributed by atoms with Crippen LogP contribution in [0.15, 0.2) is 54.7 Å². The molecule has 0 amide bonds. The van der Waals surface area contributed by atoms with E-state index in [1.807, 2.05) is 0 Å². The largest absolute Gasteiger partial charge is 0.521 e. The van der Waals surface area contributed by atoms with Crippen LogP contribution in [-0.4, -0.2) is 21.0 Å². The van der Waals surface area contributed by atoms with Crippen molar-refractivity contribution >= 4 is 5.97 Å². The molecule has 1 aromatic carbocycles. The summed E-state index contributed by atoms with van der Waals surface area (Å²) in [5.41, 5.74) is 0.669. The number of hydrogen-bond acceptors (Lipinski definition) is 3. The maximum Gasteiger partial charge on any atom is 0.247 e. The van der Waals surface area contributed by atoms with Crippen molar-refractivity contribution in [1.29, 1.82) is 0 Å². The molecule has 3 aromatic rings. The summed E-state index contributed by atoms with van der Waals surface area (Å²) in [6.45, 7) is 0. The normalized spacial score (nSPS) is 9.25. The zero-order chi connectivity index (χ0) is 16.7. The quantitative estimate of drug-likeness (QED) is 0.429. The number of benzene rings is 1. The summed E-state index contributed by atoms with van der Waals surface area (Å²) in [4.78, 5) is 17.1. The van der Waals surface area contributed by atoms with Gasteiger partial charge in [-0.25, -0.2) is 8.78 Å². The Kier molecular flexibility index (Phi) is 7.82. The van der Waals surface area contributed by atoms with E-state index >= 15 is 0 Å². The van der Waals surface area contributed by atoms with Gasteiger partial charge in [0.1, 0.15) is 11.9 Å². The Labute approximate surface area is 150 Å². The first-order valence-corrected chi connectivity index (χ1v) is 6.43. The molecular formula is C17H10F2IrN2O2-2. The Morgan fingerprint density at radius 1 is 1.08 bits per heavy atom. The molecular weight excluding hydrogens is 494 g/mol. The number of carboxylic acids is 1. The summed E-state index contributed by atoms with van der Waals surface area (Å²) < 4.78 is 25.6. The summed E-state index contributed by atoms with van der Waals surface area (Å²) in [5.74, 6) is -2.72. The van der Waals surface area contributed by atoms with Gasteiger partial charge in [0.25, 0.3) is 0 Å². The third-order valence-corrected chi connectivity index (χ3v) is 2.61. The first-order valence-electron chi connectivity index (χ1n) is 6.43. The second-order valence-corrected chi connectivity index (χ2v) is 4.19. The monoisotopic (exact) mass is 505 g/mol. The topological polar surface area (TPSA) is 63.1 Å². The van der Waals surface area contributed by atoms with Crippen LogP contribution in [0.5, 0.6) is 0 Å². The summed E-state index contributed by atoms with van der Waals surface area (Å²) in [5, 5.41) is 8.35. The molecule has 125 valence electrons. The van der Waals surface area contributed by atoms with Gasteiger partial charge in [-0.2, -0.15) is 0 Å². The van der Waals surface area contributed by atoms with E-state index in [-0.39, 0.29) is 31.2 Å². The van der Waals surface area contributed by atoms with Crippen LogP contribution in [0.2, 0.25) is 0 Å². The second-order valence-electron chi connectivity index (χ2n) is 4.19. The average molecular weight is 504 g/mol. The van der Waals surface area contributed by atoms with Gasteiger partial charge >= 0.3 is 0 Å². The molecule has 4 nitrogen and oxygen atoms in total. The number of aromatic carboxylic acids is 1. The van der Waals surface area contributed by atoms with E-state index in [4.69, 9.17) is 5.11 Å². The van der Waals surface area contributed by atoms with E-state index < -0.39 is 17.9 Å². The molecule has 7 heteroatoms. The minimum Gasteiger partial charge on any atom is -0.521 e. The molecule has 1 N–H and O–H groups in total. The van der Waals surface area contributed by atoms with E-state index in [1.165, 1.54) is 12.3 Å². The third kappa shape index (κ3) is 5.61. The fourth-order valence-corrected chi connectivity index (χ4v) is 1.59. The first kappa shape index (κ1) is 19.5. The summed E-state index contributed by atoms with van der Waals surface area (Å²) >= 11 is 0. The molecule has 0 unspecified atom stereocenters.